The van der Waals surface area contributed by atoms with Gasteiger partial charge in [0.05, 0.1) is 11.3 Å². The lowest BCUT2D eigenvalue weighted by molar-refractivity contribution is 0.0745. The normalized spacial score (nSPS) is 14.4. The van der Waals surface area contributed by atoms with Gasteiger partial charge in [0.15, 0.2) is 5.82 Å². The average molecular weight is 474 g/mol. The number of amides is 1. The highest BCUT2D eigenvalue weighted by Crippen LogP contribution is 2.19. The van der Waals surface area contributed by atoms with E-state index in [1.165, 1.54) is 0 Å². The van der Waals surface area contributed by atoms with Crippen LogP contribution < -0.4 is 4.90 Å². The monoisotopic (exact) mass is 474 g/mol. The minimum atomic E-state index is 0.0926. The number of hydrogen-bond acceptors (Lipinski definition) is 5. The van der Waals surface area contributed by atoms with E-state index in [2.05, 4.69) is 42.6 Å². The summed E-state index contributed by atoms with van der Waals surface area (Å²) in [5.74, 6) is 1.69. The largest absolute Gasteiger partial charge is 0.353 e. The number of aryl methyl sites for hydroxylation is 1. The van der Waals surface area contributed by atoms with Crippen molar-refractivity contribution >= 4 is 34.3 Å². The summed E-state index contributed by atoms with van der Waals surface area (Å²) in [7, 11) is 0. The van der Waals surface area contributed by atoms with E-state index < -0.39 is 0 Å². The molecule has 3 heterocycles. The Morgan fingerprint density at radius 1 is 1.04 bits per heavy atom. The summed E-state index contributed by atoms with van der Waals surface area (Å²) >= 11 is 2.21. The summed E-state index contributed by atoms with van der Waals surface area (Å²) in [4.78, 5) is 25.6. The fourth-order valence-electron chi connectivity index (χ4n) is 3.12. The molecule has 8 heteroatoms. The highest BCUT2D eigenvalue weighted by Gasteiger charge is 2.24. The molecule has 3 aromatic rings. The minimum absolute atomic E-state index is 0.0926. The first-order chi connectivity index (χ1) is 13.1. The van der Waals surface area contributed by atoms with Gasteiger partial charge in [0, 0.05) is 42.0 Å². The summed E-state index contributed by atoms with van der Waals surface area (Å²) in [6.45, 7) is 4.77. The first-order valence-corrected chi connectivity index (χ1v) is 9.83. The number of piperazine rings is 1. The van der Waals surface area contributed by atoms with E-state index in [9.17, 15) is 4.79 Å². The number of carbonyl (C=O) groups is 1. The molecule has 1 amide bonds. The first kappa shape index (κ1) is 17.9. The van der Waals surface area contributed by atoms with Gasteiger partial charge in [0.2, 0.25) is 0 Å². The number of anilines is 1. The molecule has 0 aliphatic carbocycles. The van der Waals surface area contributed by atoms with Crippen LogP contribution >= 0.6 is 22.6 Å². The molecule has 0 radical (unpaired) electrons. The van der Waals surface area contributed by atoms with Gasteiger partial charge in [0.25, 0.3) is 5.91 Å². The molecule has 1 fully saturated rings. The lowest BCUT2D eigenvalue weighted by Gasteiger charge is -2.35. The van der Waals surface area contributed by atoms with E-state index in [0.717, 1.165) is 39.6 Å². The third-order valence-corrected chi connectivity index (χ3v) is 5.53. The number of rotatable bonds is 3. The molecule has 1 aromatic carbocycles. The molecule has 1 aliphatic rings. The van der Waals surface area contributed by atoms with E-state index in [1.807, 2.05) is 54.4 Å². The summed E-state index contributed by atoms with van der Waals surface area (Å²) in [6, 6.07) is 11.6. The number of carbonyl (C=O) groups excluding carboxylic acids is 1. The molecular formula is C19H19IN6O. The molecule has 0 N–H and O–H groups in total. The summed E-state index contributed by atoms with van der Waals surface area (Å²) in [5, 5.41) is 4.40. The maximum Gasteiger partial charge on any atom is 0.255 e. The molecule has 4 rings (SSSR count). The van der Waals surface area contributed by atoms with Crippen LogP contribution in [0, 0.1) is 10.5 Å². The van der Waals surface area contributed by atoms with Crippen LogP contribution in [0.1, 0.15) is 16.1 Å². The molecule has 7 nitrogen and oxygen atoms in total. The number of aromatic nitrogens is 4. The molecule has 0 spiro atoms. The quantitative estimate of drug-likeness (QED) is 0.546. The summed E-state index contributed by atoms with van der Waals surface area (Å²) < 4.78 is 2.73. The van der Waals surface area contributed by atoms with Gasteiger partial charge in [-0.15, -0.1) is 0 Å². The second-order valence-electron chi connectivity index (χ2n) is 6.40. The highest BCUT2D eigenvalue weighted by molar-refractivity contribution is 14.1. The molecule has 1 aliphatic heterocycles. The van der Waals surface area contributed by atoms with E-state index in [-0.39, 0.29) is 5.91 Å². The zero-order chi connectivity index (χ0) is 18.8. The number of hydrogen-bond donors (Lipinski definition) is 0. The van der Waals surface area contributed by atoms with Crippen LogP contribution in [-0.2, 0) is 0 Å². The second-order valence-corrected chi connectivity index (χ2v) is 7.56. The van der Waals surface area contributed by atoms with Gasteiger partial charge in [-0.2, -0.15) is 5.10 Å². The van der Waals surface area contributed by atoms with E-state index in [4.69, 9.17) is 0 Å². The molecule has 0 saturated carbocycles. The predicted molar refractivity (Wildman–Crippen MR) is 111 cm³/mol. The standard InChI is InChI=1S/C19H19IN6O/c1-14-6-7-26(23-14)18-12-17(21-13-22-18)24-8-10-25(11-9-24)19(27)15-4-2-3-5-16(15)20/h2-7,12-13H,8-11H2,1H3. The van der Waals surface area contributed by atoms with Crippen LogP contribution in [0.15, 0.2) is 48.9 Å². The average Bonchev–Trinajstić information content (AvgIpc) is 3.14. The van der Waals surface area contributed by atoms with Gasteiger partial charge < -0.3 is 9.80 Å². The fraction of sp³-hybridized carbons (Fsp3) is 0.263. The fourth-order valence-corrected chi connectivity index (χ4v) is 3.74. The Bertz CT molecular complexity index is 964. The molecule has 2 aromatic heterocycles. The Kier molecular flexibility index (Phi) is 5.06. The van der Waals surface area contributed by atoms with Gasteiger partial charge in [-0.1, -0.05) is 12.1 Å². The van der Waals surface area contributed by atoms with Gasteiger partial charge in [-0.25, -0.2) is 14.6 Å². The van der Waals surface area contributed by atoms with Crippen LogP contribution in [0.4, 0.5) is 5.82 Å². The minimum Gasteiger partial charge on any atom is -0.353 e. The van der Waals surface area contributed by atoms with Gasteiger partial charge in [-0.3, -0.25) is 4.79 Å². The zero-order valence-corrected chi connectivity index (χ0v) is 17.1. The smallest absolute Gasteiger partial charge is 0.255 e. The molecule has 27 heavy (non-hydrogen) atoms. The lowest BCUT2D eigenvalue weighted by atomic mass is 10.2. The Labute approximate surface area is 171 Å². The van der Waals surface area contributed by atoms with E-state index in [1.54, 1.807) is 11.0 Å². The van der Waals surface area contributed by atoms with Crippen molar-refractivity contribution in [2.24, 2.45) is 0 Å². The van der Waals surface area contributed by atoms with Crippen LogP contribution in [0.2, 0.25) is 0 Å². The number of benzene rings is 1. The van der Waals surface area contributed by atoms with Crippen molar-refractivity contribution in [3.63, 3.8) is 0 Å². The first-order valence-electron chi connectivity index (χ1n) is 8.75. The zero-order valence-electron chi connectivity index (χ0n) is 14.9. The Balaban J connectivity index is 1.45. The molecule has 1 saturated heterocycles. The molecule has 138 valence electrons. The van der Waals surface area contributed by atoms with Gasteiger partial charge >= 0.3 is 0 Å². The van der Waals surface area contributed by atoms with Crippen molar-refractivity contribution in [2.45, 2.75) is 6.92 Å². The SMILES string of the molecule is Cc1ccn(-c2cc(N3CCN(C(=O)c4ccccc4I)CC3)ncn2)n1. The van der Waals surface area contributed by atoms with Crippen molar-refractivity contribution < 1.29 is 4.79 Å². The summed E-state index contributed by atoms with van der Waals surface area (Å²) in [5.41, 5.74) is 1.71. The number of halogens is 1. The second kappa shape index (κ2) is 7.63. The highest BCUT2D eigenvalue weighted by atomic mass is 127. The molecule has 0 atom stereocenters. The van der Waals surface area contributed by atoms with Gasteiger partial charge in [0.1, 0.15) is 12.1 Å². The Morgan fingerprint density at radius 2 is 1.78 bits per heavy atom. The third-order valence-electron chi connectivity index (χ3n) is 4.59. The van der Waals surface area contributed by atoms with E-state index in [0.29, 0.717) is 13.1 Å². The van der Waals surface area contributed by atoms with Crippen LogP contribution in [0.25, 0.3) is 5.82 Å². The number of nitrogens with zero attached hydrogens (tertiary/aromatic N) is 6. The lowest BCUT2D eigenvalue weighted by Crippen LogP contribution is -2.49. The topological polar surface area (TPSA) is 67.2 Å². The molecule has 0 bridgehead atoms. The third kappa shape index (κ3) is 3.80. The van der Waals surface area contributed by atoms with Crippen LogP contribution in [0.5, 0.6) is 0 Å². The summed E-state index contributed by atoms with van der Waals surface area (Å²) in [6.07, 6.45) is 3.45. The van der Waals surface area contributed by atoms with Gasteiger partial charge in [-0.05, 0) is 47.7 Å². The Hall–Kier alpha value is -2.49. The van der Waals surface area contributed by atoms with Crippen molar-refractivity contribution in [1.82, 2.24) is 24.6 Å². The molecule has 0 unspecified atom stereocenters. The van der Waals surface area contributed by atoms with Crippen molar-refractivity contribution in [2.75, 3.05) is 31.1 Å². The maximum atomic E-state index is 12.8. The Morgan fingerprint density at radius 3 is 2.48 bits per heavy atom. The predicted octanol–water partition coefficient (Wildman–Crippen LogP) is 2.54. The van der Waals surface area contributed by atoms with E-state index >= 15 is 0 Å². The van der Waals surface area contributed by atoms with Crippen molar-refractivity contribution in [3.05, 3.63) is 63.7 Å². The van der Waals surface area contributed by atoms with Crippen molar-refractivity contribution in [1.29, 1.82) is 0 Å². The molecular weight excluding hydrogens is 455 g/mol. The van der Waals surface area contributed by atoms with Crippen LogP contribution in [0.3, 0.4) is 0 Å². The maximum absolute atomic E-state index is 12.8. The van der Waals surface area contributed by atoms with Crippen molar-refractivity contribution in [3.8, 4) is 5.82 Å². The van der Waals surface area contributed by atoms with Crippen LogP contribution in [-0.4, -0.2) is 56.7 Å².